The van der Waals surface area contributed by atoms with Crippen LogP contribution in [0.15, 0.2) is 42.5 Å². The van der Waals surface area contributed by atoms with Crippen LogP contribution in [0.1, 0.15) is 44.7 Å². The van der Waals surface area contributed by atoms with Gasteiger partial charge in [0, 0.05) is 19.1 Å². The summed E-state index contributed by atoms with van der Waals surface area (Å²) in [5.41, 5.74) is 2.78. The summed E-state index contributed by atoms with van der Waals surface area (Å²) in [5.74, 6) is -0.660. The zero-order chi connectivity index (χ0) is 23.5. The Morgan fingerprint density at radius 2 is 1.64 bits per heavy atom. The summed E-state index contributed by atoms with van der Waals surface area (Å²) in [6, 6.07) is 12.3. The molecule has 0 aromatic heterocycles. The molecule has 2 aromatic carbocycles. The van der Waals surface area contributed by atoms with E-state index in [9.17, 15) is 19.2 Å². The Balaban J connectivity index is 1.23. The van der Waals surface area contributed by atoms with Crippen LogP contribution < -0.4 is 10.1 Å². The van der Waals surface area contributed by atoms with Crippen LogP contribution in [0.4, 0.5) is 0 Å². The number of carbonyl (C=O) groups excluding carboxylic acids is 4. The van der Waals surface area contributed by atoms with Crippen molar-refractivity contribution in [2.75, 3.05) is 26.2 Å². The van der Waals surface area contributed by atoms with E-state index in [2.05, 4.69) is 5.32 Å². The van der Waals surface area contributed by atoms with Crippen molar-refractivity contribution in [1.29, 1.82) is 0 Å². The number of nitrogens with one attached hydrogen (secondary N) is 1. The average molecular weight is 450 g/mol. The summed E-state index contributed by atoms with van der Waals surface area (Å²) < 4.78 is 5.63. The molecule has 0 bridgehead atoms. The molecule has 0 radical (unpaired) electrons. The lowest BCUT2D eigenvalue weighted by Crippen LogP contribution is -2.50. The fraction of sp³-hybridized carbons (Fsp3) is 0.360. The minimum absolute atomic E-state index is 0.0522. The highest BCUT2D eigenvalue weighted by Crippen LogP contribution is 2.23. The lowest BCUT2D eigenvalue weighted by atomic mass is 10.0. The largest absolute Gasteiger partial charge is 0.484 e. The van der Waals surface area contributed by atoms with Crippen LogP contribution in [-0.4, -0.2) is 65.7 Å². The second-order valence-corrected chi connectivity index (χ2v) is 8.52. The van der Waals surface area contributed by atoms with Gasteiger partial charge in [0.05, 0.1) is 11.1 Å². The third kappa shape index (κ3) is 4.89. The van der Waals surface area contributed by atoms with Crippen molar-refractivity contribution in [2.45, 2.75) is 32.7 Å². The number of hydrogen-bond acceptors (Lipinski definition) is 5. The maximum absolute atomic E-state index is 12.7. The monoisotopic (exact) mass is 449 g/mol. The first-order chi connectivity index (χ1) is 15.8. The van der Waals surface area contributed by atoms with E-state index in [0.29, 0.717) is 42.8 Å². The first-order valence-corrected chi connectivity index (χ1v) is 11.1. The number of amides is 4. The topological polar surface area (TPSA) is 96.0 Å². The molecule has 1 fully saturated rings. The van der Waals surface area contributed by atoms with Gasteiger partial charge in [0.2, 0.25) is 5.91 Å². The van der Waals surface area contributed by atoms with Gasteiger partial charge in [-0.25, -0.2) is 0 Å². The van der Waals surface area contributed by atoms with Gasteiger partial charge in [-0.2, -0.15) is 0 Å². The molecule has 33 heavy (non-hydrogen) atoms. The van der Waals surface area contributed by atoms with Crippen molar-refractivity contribution in [1.82, 2.24) is 15.1 Å². The molecule has 2 aromatic rings. The van der Waals surface area contributed by atoms with Crippen LogP contribution in [0.2, 0.25) is 0 Å². The molecule has 4 rings (SSSR count). The van der Waals surface area contributed by atoms with E-state index < -0.39 is 11.8 Å². The highest BCUT2D eigenvalue weighted by atomic mass is 16.5. The maximum Gasteiger partial charge on any atom is 0.262 e. The van der Waals surface area contributed by atoms with Crippen molar-refractivity contribution in [3.8, 4) is 5.75 Å². The molecule has 1 saturated heterocycles. The lowest BCUT2D eigenvalue weighted by Gasteiger charge is -2.33. The zero-order valence-corrected chi connectivity index (χ0v) is 18.8. The number of likely N-dealkylation sites (tertiary alicyclic amines) is 1. The second kappa shape index (κ2) is 9.44. The van der Waals surface area contributed by atoms with Crippen molar-refractivity contribution in [2.24, 2.45) is 0 Å². The number of benzene rings is 2. The second-order valence-electron chi connectivity index (χ2n) is 8.52. The minimum Gasteiger partial charge on any atom is -0.484 e. The molecule has 0 aliphatic carbocycles. The third-order valence-electron chi connectivity index (χ3n) is 6.07. The van der Waals surface area contributed by atoms with E-state index in [0.717, 1.165) is 16.0 Å². The Hall–Kier alpha value is -3.68. The summed E-state index contributed by atoms with van der Waals surface area (Å²) >= 11 is 0. The summed E-state index contributed by atoms with van der Waals surface area (Å²) in [7, 11) is 0. The Labute approximate surface area is 192 Å². The van der Waals surface area contributed by atoms with Crippen molar-refractivity contribution in [3.05, 3.63) is 64.7 Å². The first kappa shape index (κ1) is 22.5. The number of piperidine rings is 1. The Morgan fingerprint density at radius 1 is 1.00 bits per heavy atom. The van der Waals surface area contributed by atoms with Gasteiger partial charge in [-0.15, -0.1) is 0 Å². The van der Waals surface area contributed by atoms with E-state index in [-0.39, 0.29) is 31.0 Å². The number of ether oxygens (including phenoxy) is 1. The standard InChI is InChI=1S/C25H27N3O5/c1-16-7-8-21(17(2)13-16)33-15-22(29)26-18-9-11-27(12-10-18)23(30)14-28-24(31)19-5-3-4-6-20(19)25(28)32/h3-8,13,18H,9-12,14-15H2,1-2H3,(H,26,29). The molecule has 172 valence electrons. The van der Waals surface area contributed by atoms with Crippen LogP contribution in [-0.2, 0) is 9.59 Å². The van der Waals surface area contributed by atoms with E-state index >= 15 is 0 Å². The number of carbonyl (C=O) groups is 4. The quantitative estimate of drug-likeness (QED) is 0.682. The molecule has 2 heterocycles. The number of nitrogens with zero attached hydrogens (tertiary/aromatic N) is 2. The number of rotatable bonds is 6. The predicted molar refractivity (Wildman–Crippen MR) is 121 cm³/mol. The molecule has 8 nitrogen and oxygen atoms in total. The van der Waals surface area contributed by atoms with Crippen LogP contribution in [0, 0.1) is 13.8 Å². The van der Waals surface area contributed by atoms with E-state index in [1.54, 1.807) is 29.2 Å². The molecule has 0 spiro atoms. The Bertz CT molecular complexity index is 1070. The smallest absolute Gasteiger partial charge is 0.262 e. The molecule has 0 saturated carbocycles. The fourth-order valence-electron chi connectivity index (χ4n) is 4.27. The number of fused-ring (bicyclic) bond motifs is 1. The Morgan fingerprint density at radius 3 is 2.24 bits per heavy atom. The average Bonchev–Trinajstić information content (AvgIpc) is 3.04. The van der Waals surface area contributed by atoms with Crippen LogP contribution in [0.3, 0.4) is 0 Å². The molecule has 0 atom stereocenters. The maximum atomic E-state index is 12.7. The number of aryl methyl sites for hydroxylation is 2. The van der Waals surface area contributed by atoms with Gasteiger partial charge >= 0.3 is 0 Å². The van der Waals surface area contributed by atoms with Gasteiger partial charge in [-0.1, -0.05) is 29.8 Å². The van der Waals surface area contributed by atoms with Gasteiger partial charge < -0.3 is 15.0 Å². The fourth-order valence-corrected chi connectivity index (χ4v) is 4.27. The van der Waals surface area contributed by atoms with Crippen molar-refractivity contribution < 1.29 is 23.9 Å². The molecular weight excluding hydrogens is 422 g/mol. The van der Waals surface area contributed by atoms with E-state index in [4.69, 9.17) is 4.74 Å². The van der Waals surface area contributed by atoms with Crippen molar-refractivity contribution >= 4 is 23.6 Å². The van der Waals surface area contributed by atoms with Crippen LogP contribution in [0.5, 0.6) is 5.75 Å². The number of hydrogen-bond donors (Lipinski definition) is 1. The Kier molecular flexibility index (Phi) is 6.44. The molecule has 8 heteroatoms. The lowest BCUT2D eigenvalue weighted by molar-refractivity contribution is -0.132. The molecule has 1 N–H and O–H groups in total. The van der Waals surface area contributed by atoms with Gasteiger partial charge in [-0.05, 0) is 50.5 Å². The highest BCUT2D eigenvalue weighted by molar-refractivity contribution is 6.22. The highest BCUT2D eigenvalue weighted by Gasteiger charge is 2.37. The predicted octanol–water partition coefficient (Wildman–Crippen LogP) is 2.09. The van der Waals surface area contributed by atoms with E-state index in [1.807, 2.05) is 32.0 Å². The summed E-state index contributed by atoms with van der Waals surface area (Å²) in [5, 5.41) is 2.96. The van der Waals surface area contributed by atoms with Gasteiger partial charge in [0.15, 0.2) is 6.61 Å². The SMILES string of the molecule is Cc1ccc(OCC(=O)NC2CCN(C(=O)CN3C(=O)c4ccccc4C3=O)CC2)c(C)c1. The first-order valence-electron chi connectivity index (χ1n) is 11.1. The van der Waals surface area contributed by atoms with Crippen LogP contribution >= 0.6 is 0 Å². The van der Waals surface area contributed by atoms with Gasteiger partial charge in [0.1, 0.15) is 12.3 Å². The van der Waals surface area contributed by atoms with Gasteiger partial charge in [-0.3, -0.25) is 24.1 Å². The van der Waals surface area contributed by atoms with Gasteiger partial charge in [0.25, 0.3) is 17.7 Å². The molecular formula is C25H27N3O5. The summed E-state index contributed by atoms with van der Waals surface area (Å²) in [4.78, 5) is 52.6. The summed E-state index contributed by atoms with van der Waals surface area (Å²) in [6.45, 7) is 4.50. The third-order valence-corrected chi connectivity index (χ3v) is 6.07. The van der Waals surface area contributed by atoms with Crippen molar-refractivity contribution in [3.63, 3.8) is 0 Å². The normalized spacial score (nSPS) is 16.1. The molecule has 2 aliphatic rings. The zero-order valence-electron chi connectivity index (χ0n) is 18.8. The molecule has 2 aliphatic heterocycles. The van der Waals surface area contributed by atoms with Crippen LogP contribution in [0.25, 0.3) is 0 Å². The number of imide groups is 1. The minimum atomic E-state index is -0.435. The van der Waals surface area contributed by atoms with E-state index in [1.165, 1.54) is 0 Å². The molecule has 0 unspecified atom stereocenters. The summed E-state index contributed by atoms with van der Waals surface area (Å²) in [6.07, 6.45) is 1.20. The molecule has 4 amide bonds.